The Balaban J connectivity index is 2.22. The molecule has 0 unspecified atom stereocenters. The highest BCUT2D eigenvalue weighted by Crippen LogP contribution is 2.15. The van der Waals surface area contributed by atoms with Crippen molar-refractivity contribution in [1.82, 2.24) is 10.6 Å². The predicted molar refractivity (Wildman–Crippen MR) is 111 cm³/mol. The summed E-state index contributed by atoms with van der Waals surface area (Å²) in [5.74, 6) is -0.420. The molecule has 0 atom stereocenters. The van der Waals surface area contributed by atoms with Crippen molar-refractivity contribution in [3.63, 3.8) is 0 Å². The molecule has 158 valence electrons. The molecule has 0 aliphatic rings. The highest BCUT2D eigenvalue weighted by Gasteiger charge is 2.16. The molecule has 0 aromatic heterocycles. The van der Waals surface area contributed by atoms with E-state index in [1.54, 1.807) is 62.6 Å². The Morgan fingerprint density at radius 1 is 0.900 bits per heavy atom. The fourth-order valence-electron chi connectivity index (χ4n) is 2.42. The maximum Gasteiger partial charge on any atom is 0.325 e. The molecule has 0 bridgehead atoms. The van der Waals surface area contributed by atoms with Crippen LogP contribution in [-0.4, -0.2) is 45.2 Å². The van der Waals surface area contributed by atoms with Gasteiger partial charge in [0.25, 0.3) is 11.8 Å². The summed E-state index contributed by atoms with van der Waals surface area (Å²) in [4.78, 5) is 36.7. The van der Waals surface area contributed by atoms with Crippen molar-refractivity contribution in [2.45, 2.75) is 6.92 Å². The second-order valence-electron chi connectivity index (χ2n) is 6.00. The number of carbonyl (C=O) groups is 3. The summed E-state index contributed by atoms with van der Waals surface area (Å²) in [5, 5.41) is 5.03. The Morgan fingerprint density at radius 3 is 2.00 bits per heavy atom. The smallest absolute Gasteiger partial charge is 0.325 e. The van der Waals surface area contributed by atoms with Crippen LogP contribution in [0.5, 0.6) is 11.5 Å². The van der Waals surface area contributed by atoms with Gasteiger partial charge in [0.15, 0.2) is 0 Å². The number of esters is 1. The van der Waals surface area contributed by atoms with Crippen molar-refractivity contribution < 1.29 is 28.6 Å². The number of carbonyl (C=O) groups excluding carboxylic acids is 3. The van der Waals surface area contributed by atoms with Crippen molar-refractivity contribution in [1.29, 1.82) is 0 Å². The van der Waals surface area contributed by atoms with Gasteiger partial charge in [-0.2, -0.15) is 0 Å². The third kappa shape index (κ3) is 6.66. The quantitative estimate of drug-likeness (QED) is 0.483. The van der Waals surface area contributed by atoms with Gasteiger partial charge in [0.2, 0.25) is 0 Å². The van der Waals surface area contributed by atoms with Crippen molar-refractivity contribution >= 4 is 23.9 Å². The summed E-state index contributed by atoms with van der Waals surface area (Å²) in [6, 6.07) is 13.4. The molecule has 30 heavy (non-hydrogen) atoms. The number of nitrogens with one attached hydrogen (secondary N) is 2. The van der Waals surface area contributed by atoms with Crippen LogP contribution < -0.4 is 20.1 Å². The number of benzene rings is 2. The van der Waals surface area contributed by atoms with E-state index in [2.05, 4.69) is 10.6 Å². The first-order chi connectivity index (χ1) is 14.5. The van der Waals surface area contributed by atoms with E-state index in [0.717, 1.165) is 0 Å². The maximum atomic E-state index is 12.6. The molecule has 2 amide bonds. The van der Waals surface area contributed by atoms with E-state index in [-0.39, 0.29) is 18.8 Å². The molecule has 2 N–H and O–H groups in total. The van der Waals surface area contributed by atoms with Crippen LogP contribution in [-0.2, 0) is 14.3 Å². The molecule has 0 saturated heterocycles. The normalized spacial score (nSPS) is 10.7. The van der Waals surface area contributed by atoms with Crippen LogP contribution in [0.3, 0.4) is 0 Å². The molecule has 0 saturated carbocycles. The summed E-state index contributed by atoms with van der Waals surface area (Å²) < 4.78 is 15.0. The molecule has 0 aliphatic heterocycles. The molecule has 0 heterocycles. The minimum absolute atomic E-state index is 0.0229. The summed E-state index contributed by atoms with van der Waals surface area (Å²) in [5.41, 5.74) is 0.979. The monoisotopic (exact) mass is 412 g/mol. The fraction of sp³-hybridized carbons (Fsp3) is 0.227. The fourth-order valence-corrected chi connectivity index (χ4v) is 2.42. The van der Waals surface area contributed by atoms with E-state index in [4.69, 9.17) is 14.2 Å². The predicted octanol–water partition coefficient (Wildman–Crippen LogP) is 2.15. The molecule has 2 aromatic rings. The highest BCUT2D eigenvalue weighted by molar-refractivity contribution is 6.05. The maximum absolute atomic E-state index is 12.6. The molecule has 8 heteroatoms. The third-order valence-electron chi connectivity index (χ3n) is 3.97. The van der Waals surface area contributed by atoms with Crippen LogP contribution in [0.1, 0.15) is 22.8 Å². The van der Waals surface area contributed by atoms with Crippen molar-refractivity contribution in [2.75, 3.05) is 27.4 Å². The van der Waals surface area contributed by atoms with Crippen LogP contribution in [0.2, 0.25) is 0 Å². The van der Waals surface area contributed by atoms with E-state index >= 15 is 0 Å². The number of ether oxygens (including phenoxy) is 3. The zero-order chi connectivity index (χ0) is 21.9. The average molecular weight is 412 g/mol. The van der Waals surface area contributed by atoms with Crippen molar-refractivity contribution in [3.8, 4) is 11.5 Å². The summed E-state index contributed by atoms with van der Waals surface area (Å²) in [6.45, 7) is 1.56. The van der Waals surface area contributed by atoms with E-state index in [0.29, 0.717) is 22.6 Å². The lowest BCUT2D eigenvalue weighted by atomic mass is 10.1. The van der Waals surface area contributed by atoms with E-state index < -0.39 is 17.8 Å². The molecule has 2 aromatic carbocycles. The Hall–Kier alpha value is -3.81. The molecular formula is C22H24N2O6. The standard InChI is InChI=1S/C22H24N2O6/c1-4-30-20(25)14-23-22(27)19(13-15-5-9-17(28-2)10-6-15)24-21(26)16-7-11-18(29-3)12-8-16/h5-13H,4,14H2,1-3H3,(H,23,27)(H,24,26)/b19-13+. The first-order valence-electron chi connectivity index (χ1n) is 9.21. The minimum atomic E-state index is -0.624. The van der Waals surface area contributed by atoms with Gasteiger partial charge in [0.1, 0.15) is 23.7 Å². The van der Waals surface area contributed by atoms with Crippen LogP contribution in [0.4, 0.5) is 0 Å². The van der Waals surface area contributed by atoms with Gasteiger partial charge < -0.3 is 24.8 Å². The Bertz CT molecular complexity index is 904. The number of amides is 2. The number of hydrogen-bond acceptors (Lipinski definition) is 6. The van der Waals surface area contributed by atoms with Crippen LogP contribution >= 0.6 is 0 Å². The lowest BCUT2D eigenvalue weighted by Gasteiger charge is -2.11. The lowest BCUT2D eigenvalue weighted by Crippen LogP contribution is -2.37. The van der Waals surface area contributed by atoms with Gasteiger partial charge in [0.05, 0.1) is 20.8 Å². The van der Waals surface area contributed by atoms with Gasteiger partial charge in [-0.25, -0.2) is 0 Å². The van der Waals surface area contributed by atoms with Crippen LogP contribution in [0, 0.1) is 0 Å². The van der Waals surface area contributed by atoms with Gasteiger partial charge in [-0.05, 0) is 55.0 Å². The second-order valence-corrected chi connectivity index (χ2v) is 6.00. The third-order valence-corrected chi connectivity index (χ3v) is 3.97. The highest BCUT2D eigenvalue weighted by atomic mass is 16.5. The zero-order valence-electron chi connectivity index (χ0n) is 17.1. The van der Waals surface area contributed by atoms with Gasteiger partial charge in [-0.3, -0.25) is 14.4 Å². The van der Waals surface area contributed by atoms with Crippen molar-refractivity contribution in [3.05, 3.63) is 65.4 Å². The van der Waals surface area contributed by atoms with Gasteiger partial charge in [-0.1, -0.05) is 12.1 Å². The molecule has 0 radical (unpaired) electrons. The largest absolute Gasteiger partial charge is 0.497 e. The molecule has 2 rings (SSSR count). The minimum Gasteiger partial charge on any atom is -0.497 e. The molecule has 0 aliphatic carbocycles. The Labute approximate surface area is 174 Å². The Kier molecular flexibility index (Phi) is 8.43. The van der Waals surface area contributed by atoms with Crippen molar-refractivity contribution in [2.24, 2.45) is 0 Å². The van der Waals surface area contributed by atoms with E-state index in [1.807, 2.05) is 0 Å². The van der Waals surface area contributed by atoms with Gasteiger partial charge in [-0.15, -0.1) is 0 Å². The number of hydrogen-bond donors (Lipinski definition) is 2. The van der Waals surface area contributed by atoms with E-state index in [9.17, 15) is 14.4 Å². The summed E-state index contributed by atoms with van der Waals surface area (Å²) in [6.07, 6.45) is 1.50. The van der Waals surface area contributed by atoms with Crippen LogP contribution in [0.25, 0.3) is 6.08 Å². The molecular weight excluding hydrogens is 388 g/mol. The summed E-state index contributed by atoms with van der Waals surface area (Å²) >= 11 is 0. The summed E-state index contributed by atoms with van der Waals surface area (Å²) in [7, 11) is 3.08. The first-order valence-corrected chi connectivity index (χ1v) is 9.21. The lowest BCUT2D eigenvalue weighted by molar-refractivity contribution is -0.143. The topological polar surface area (TPSA) is 103 Å². The SMILES string of the molecule is CCOC(=O)CNC(=O)/C(=C\c1ccc(OC)cc1)NC(=O)c1ccc(OC)cc1. The molecule has 0 fully saturated rings. The van der Waals surface area contributed by atoms with E-state index in [1.165, 1.54) is 13.2 Å². The van der Waals surface area contributed by atoms with Gasteiger partial charge in [0, 0.05) is 5.56 Å². The molecule has 8 nitrogen and oxygen atoms in total. The first kappa shape index (κ1) is 22.5. The number of rotatable bonds is 9. The van der Waals surface area contributed by atoms with Gasteiger partial charge >= 0.3 is 5.97 Å². The molecule has 0 spiro atoms. The average Bonchev–Trinajstić information content (AvgIpc) is 2.77. The second kappa shape index (κ2) is 11.3. The Morgan fingerprint density at radius 2 is 1.47 bits per heavy atom. The van der Waals surface area contributed by atoms with Crippen LogP contribution in [0.15, 0.2) is 54.2 Å². The zero-order valence-corrected chi connectivity index (χ0v) is 17.1. The number of methoxy groups -OCH3 is 2.